The predicted octanol–water partition coefficient (Wildman–Crippen LogP) is 4.15. The fourth-order valence-electron chi connectivity index (χ4n) is 2.23. The van der Waals surface area contributed by atoms with Gasteiger partial charge in [-0.2, -0.15) is 11.8 Å². The van der Waals surface area contributed by atoms with Crippen LogP contribution in [0.4, 0.5) is 0 Å². The van der Waals surface area contributed by atoms with Crippen LogP contribution in [-0.4, -0.2) is 34.6 Å². The number of hydroxylamine groups is 1. The molecular weight excluding hydrogens is 348 g/mol. The van der Waals surface area contributed by atoms with Gasteiger partial charge < -0.3 is 5.32 Å². The second-order valence-corrected chi connectivity index (χ2v) is 7.80. The lowest BCUT2D eigenvalue weighted by atomic mass is 10.1. The minimum absolute atomic E-state index is 0.294. The van der Waals surface area contributed by atoms with Crippen molar-refractivity contribution >= 4 is 23.6 Å². The number of carbonyl (C=O) groups is 2. The highest BCUT2D eigenvalue weighted by atomic mass is 32.2. The average Bonchev–Trinajstić information content (AvgIpc) is 2.56. The zero-order valence-corrected chi connectivity index (χ0v) is 17.5. The average molecular weight is 383 g/mol. The molecule has 0 heterocycles. The number of thioether (sulfide) groups is 1. The van der Waals surface area contributed by atoms with E-state index < -0.39 is 11.9 Å². The molecule has 2 amide bonds. The van der Waals surface area contributed by atoms with E-state index in [1.807, 2.05) is 0 Å². The Morgan fingerprint density at radius 3 is 2.08 bits per heavy atom. The van der Waals surface area contributed by atoms with Gasteiger partial charge in [0.05, 0.1) is 0 Å². The van der Waals surface area contributed by atoms with Gasteiger partial charge in [0.25, 0.3) is 5.91 Å². The number of carbonyl (C=O) groups excluding carboxylic acids is 2. The van der Waals surface area contributed by atoms with E-state index in [-0.39, 0.29) is 5.91 Å². The molecule has 0 aliphatic heterocycles. The van der Waals surface area contributed by atoms with E-state index in [0.29, 0.717) is 5.75 Å². The third-order valence-electron chi connectivity index (χ3n) is 3.76. The maximum Gasteiger partial charge on any atom is 0.266 e. The first-order chi connectivity index (χ1) is 12.3. The van der Waals surface area contributed by atoms with Crippen LogP contribution in [0.1, 0.15) is 60.3 Å². The zero-order chi connectivity index (χ0) is 19.9. The molecule has 0 aromatic rings. The predicted molar refractivity (Wildman–Crippen MR) is 110 cm³/mol. The Morgan fingerprint density at radius 1 is 0.962 bits per heavy atom. The van der Waals surface area contributed by atoms with E-state index >= 15 is 0 Å². The molecule has 0 saturated carbocycles. The first-order valence-corrected chi connectivity index (χ1v) is 10.1. The summed E-state index contributed by atoms with van der Waals surface area (Å²) in [5, 5.41) is 11.2. The van der Waals surface area contributed by atoms with Crippen molar-refractivity contribution in [2.75, 3.05) is 11.5 Å². The van der Waals surface area contributed by atoms with Crippen molar-refractivity contribution in [2.45, 2.75) is 66.3 Å². The second-order valence-electron chi connectivity index (χ2n) is 6.73. The summed E-state index contributed by atoms with van der Waals surface area (Å²) in [5.41, 5.74) is 5.70. The molecule has 5 nitrogen and oxygen atoms in total. The first kappa shape index (κ1) is 24.5. The molecule has 1 unspecified atom stereocenters. The van der Waals surface area contributed by atoms with Crippen LogP contribution in [0.25, 0.3) is 0 Å². The van der Waals surface area contributed by atoms with Gasteiger partial charge in [-0.3, -0.25) is 14.8 Å². The number of hydrogen-bond acceptors (Lipinski definition) is 4. The summed E-state index contributed by atoms with van der Waals surface area (Å²) in [6.45, 7) is 9.89. The third-order valence-corrected chi connectivity index (χ3v) is 4.73. The number of allylic oxidation sites excluding steroid dienone is 5. The van der Waals surface area contributed by atoms with Crippen LogP contribution in [0, 0.1) is 0 Å². The molecule has 0 rings (SSSR count). The zero-order valence-electron chi connectivity index (χ0n) is 16.7. The molecule has 1 atom stereocenters. The molecule has 0 aliphatic carbocycles. The van der Waals surface area contributed by atoms with Crippen LogP contribution in [0.5, 0.6) is 0 Å². The van der Waals surface area contributed by atoms with E-state index in [0.717, 1.165) is 31.4 Å². The molecule has 0 spiro atoms. The van der Waals surface area contributed by atoms with Crippen molar-refractivity contribution < 1.29 is 14.8 Å². The van der Waals surface area contributed by atoms with Crippen molar-refractivity contribution in [2.24, 2.45) is 0 Å². The van der Waals surface area contributed by atoms with E-state index in [1.165, 1.54) is 23.6 Å². The summed E-state index contributed by atoms with van der Waals surface area (Å²) in [4.78, 5) is 22.6. The SMILES string of the molecule is CC(=O)NC(CSCC=C(C)CCC=C(C)CCC=C(C)C)C(=O)NO. The molecule has 26 heavy (non-hydrogen) atoms. The number of hydrogen-bond donors (Lipinski definition) is 3. The molecule has 0 radical (unpaired) electrons. The van der Waals surface area contributed by atoms with Gasteiger partial charge >= 0.3 is 0 Å². The molecular formula is C20H34N2O3S. The van der Waals surface area contributed by atoms with Crippen molar-refractivity contribution in [1.82, 2.24) is 10.8 Å². The Morgan fingerprint density at radius 2 is 1.54 bits per heavy atom. The lowest BCUT2D eigenvalue weighted by Crippen LogP contribution is -2.46. The van der Waals surface area contributed by atoms with Crippen LogP contribution in [0.2, 0.25) is 0 Å². The van der Waals surface area contributed by atoms with Crippen LogP contribution in [0.3, 0.4) is 0 Å². The summed E-state index contributed by atoms with van der Waals surface area (Å²) in [6.07, 6.45) is 11.0. The van der Waals surface area contributed by atoms with Crippen molar-refractivity contribution in [3.8, 4) is 0 Å². The van der Waals surface area contributed by atoms with E-state index in [4.69, 9.17) is 5.21 Å². The maximum absolute atomic E-state index is 11.5. The van der Waals surface area contributed by atoms with Gasteiger partial charge in [-0.15, -0.1) is 0 Å². The van der Waals surface area contributed by atoms with E-state index in [1.54, 1.807) is 17.2 Å². The van der Waals surface area contributed by atoms with E-state index in [2.05, 4.69) is 51.2 Å². The fraction of sp³-hybridized carbons (Fsp3) is 0.600. The number of amides is 2. The number of rotatable bonds is 12. The minimum atomic E-state index is -0.720. The standard InChI is InChI=1S/C20H34N2O3S/c1-15(2)8-6-9-16(3)10-7-11-17(4)12-13-26-14-19(20(24)22-25)21-18(5)23/h8,10,12,19,25H,6-7,9,11,13-14H2,1-5H3,(H,21,23)(H,22,24). The van der Waals surface area contributed by atoms with Crippen LogP contribution in [-0.2, 0) is 9.59 Å². The molecule has 0 aromatic carbocycles. The maximum atomic E-state index is 11.5. The highest BCUT2D eigenvalue weighted by Crippen LogP contribution is 2.13. The van der Waals surface area contributed by atoms with Gasteiger partial charge in [0.15, 0.2) is 0 Å². The van der Waals surface area contributed by atoms with Crippen LogP contribution >= 0.6 is 11.8 Å². The topological polar surface area (TPSA) is 78.4 Å². The summed E-state index contributed by atoms with van der Waals surface area (Å²) in [5.74, 6) is 0.294. The van der Waals surface area contributed by atoms with Crippen molar-refractivity contribution in [3.05, 3.63) is 34.9 Å². The lowest BCUT2D eigenvalue weighted by Gasteiger charge is -2.14. The van der Waals surface area contributed by atoms with Gasteiger partial charge in [0.1, 0.15) is 6.04 Å². The van der Waals surface area contributed by atoms with Crippen LogP contribution < -0.4 is 10.8 Å². The quantitative estimate of drug-likeness (QED) is 0.205. The Bertz CT molecular complexity index is 535. The summed E-state index contributed by atoms with van der Waals surface area (Å²) < 4.78 is 0. The molecule has 0 fully saturated rings. The smallest absolute Gasteiger partial charge is 0.266 e. The molecule has 0 aromatic heterocycles. The summed E-state index contributed by atoms with van der Waals surface area (Å²) in [7, 11) is 0. The summed E-state index contributed by atoms with van der Waals surface area (Å²) >= 11 is 1.54. The molecule has 6 heteroatoms. The second kappa shape index (κ2) is 14.6. The highest BCUT2D eigenvalue weighted by Gasteiger charge is 2.18. The Labute approximate surface area is 162 Å². The monoisotopic (exact) mass is 382 g/mol. The van der Waals surface area contributed by atoms with Gasteiger partial charge in [-0.1, -0.05) is 34.9 Å². The normalized spacial score (nSPS) is 13.2. The van der Waals surface area contributed by atoms with Gasteiger partial charge in [-0.05, 0) is 53.4 Å². The van der Waals surface area contributed by atoms with Gasteiger partial charge in [0.2, 0.25) is 5.91 Å². The van der Waals surface area contributed by atoms with Gasteiger partial charge in [0, 0.05) is 18.4 Å². The largest absolute Gasteiger partial charge is 0.344 e. The fourth-order valence-corrected chi connectivity index (χ4v) is 3.24. The Hall–Kier alpha value is -1.53. The third kappa shape index (κ3) is 13.7. The molecule has 0 saturated heterocycles. The number of nitrogens with one attached hydrogen (secondary N) is 2. The Kier molecular flexibility index (Phi) is 13.8. The highest BCUT2D eigenvalue weighted by molar-refractivity contribution is 7.99. The molecule has 0 aliphatic rings. The lowest BCUT2D eigenvalue weighted by molar-refractivity contribution is -0.133. The van der Waals surface area contributed by atoms with E-state index in [9.17, 15) is 9.59 Å². The molecule has 3 N–H and O–H groups in total. The summed E-state index contributed by atoms with van der Waals surface area (Å²) in [6, 6.07) is -0.720. The van der Waals surface area contributed by atoms with Crippen molar-refractivity contribution in [3.63, 3.8) is 0 Å². The van der Waals surface area contributed by atoms with Gasteiger partial charge in [-0.25, -0.2) is 5.48 Å². The Balaban J connectivity index is 4.14. The van der Waals surface area contributed by atoms with Crippen molar-refractivity contribution in [1.29, 1.82) is 0 Å². The first-order valence-electron chi connectivity index (χ1n) is 8.99. The minimum Gasteiger partial charge on any atom is -0.344 e. The molecule has 0 bridgehead atoms. The van der Waals surface area contributed by atoms with Crippen LogP contribution in [0.15, 0.2) is 34.9 Å². The molecule has 148 valence electrons.